The van der Waals surface area contributed by atoms with E-state index in [1.54, 1.807) is 30.3 Å². The van der Waals surface area contributed by atoms with Crippen molar-refractivity contribution in [2.75, 3.05) is 12.8 Å². The number of nitrogens with two attached hydrogens (primary N) is 1. The summed E-state index contributed by atoms with van der Waals surface area (Å²) in [6, 6.07) is 3.50. The summed E-state index contributed by atoms with van der Waals surface area (Å²) in [6.45, 7) is 4.14. The summed E-state index contributed by atoms with van der Waals surface area (Å²) >= 11 is 0. The molecule has 1 heterocycles. The Morgan fingerprint density at radius 3 is 2.88 bits per heavy atom. The van der Waals surface area contributed by atoms with Gasteiger partial charge < -0.3 is 10.6 Å². The third-order valence-corrected chi connectivity index (χ3v) is 2.69. The van der Waals surface area contributed by atoms with Crippen molar-refractivity contribution in [2.24, 2.45) is 0 Å². The highest BCUT2D eigenvalue weighted by molar-refractivity contribution is 5.93. The highest BCUT2D eigenvalue weighted by atomic mass is 16.2. The van der Waals surface area contributed by atoms with Gasteiger partial charge in [0.25, 0.3) is 5.91 Å². The summed E-state index contributed by atoms with van der Waals surface area (Å²) in [5, 5.41) is 0. The Bertz CT molecular complexity index is 365. The van der Waals surface area contributed by atoms with E-state index >= 15 is 0 Å². The molecular weight excluding hydrogens is 202 g/mol. The van der Waals surface area contributed by atoms with E-state index in [4.69, 9.17) is 5.73 Å². The zero-order valence-electron chi connectivity index (χ0n) is 10.1. The average Bonchev–Trinajstić information content (AvgIpc) is 2.27. The Hall–Kier alpha value is -1.58. The first-order valence-electron chi connectivity index (χ1n) is 5.55. The van der Waals surface area contributed by atoms with Crippen molar-refractivity contribution in [2.45, 2.75) is 32.7 Å². The first-order chi connectivity index (χ1) is 7.56. The maximum absolute atomic E-state index is 12.0. The number of anilines is 1. The van der Waals surface area contributed by atoms with Gasteiger partial charge in [0, 0.05) is 25.0 Å². The van der Waals surface area contributed by atoms with Crippen LogP contribution in [0.1, 0.15) is 37.2 Å². The second kappa shape index (κ2) is 5.49. The average molecular weight is 221 g/mol. The number of carbonyl (C=O) groups excluding carboxylic acids is 1. The lowest BCUT2D eigenvalue weighted by Crippen LogP contribution is -2.35. The molecule has 0 aliphatic rings. The molecule has 16 heavy (non-hydrogen) atoms. The molecule has 0 saturated carbocycles. The maximum Gasteiger partial charge on any atom is 0.272 e. The van der Waals surface area contributed by atoms with Gasteiger partial charge in [0.2, 0.25) is 0 Å². The number of hydrogen-bond donors (Lipinski definition) is 1. The smallest absolute Gasteiger partial charge is 0.272 e. The first kappa shape index (κ1) is 12.5. The van der Waals surface area contributed by atoms with Crippen LogP contribution in [0.3, 0.4) is 0 Å². The normalized spacial score (nSPS) is 12.2. The summed E-state index contributed by atoms with van der Waals surface area (Å²) in [7, 11) is 1.80. The molecule has 0 aromatic carbocycles. The van der Waals surface area contributed by atoms with Crippen molar-refractivity contribution in [3.05, 3.63) is 24.0 Å². The summed E-state index contributed by atoms with van der Waals surface area (Å²) in [6.07, 6.45) is 3.61. The fourth-order valence-electron chi connectivity index (χ4n) is 1.56. The topological polar surface area (TPSA) is 59.2 Å². The van der Waals surface area contributed by atoms with E-state index in [2.05, 4.69) is 11.9 Å². The van der Waals surface area contributed by atoms with E-state index in [9.17, 15) is 4.79 Å². The zero-order valence-corrected chi connectivity index (χ0v) is 10.1. The monoisotopic (exact) mass is 221 g/mol. The van der Waals surface area contributed by atoms with Crippen LogP contribution in [0.5, 0.6) is 0 Å². The Kier molecular flexibility index (Phi) is 4.28. The van der Waals surface area contributed by atoms with Gasteiger partial charge in [-0.15, -0.1) is 0 Å². The molecular formula is C12H19N3O. The first-order valence-corrected chi connectivity index (χ1v) is 5.55. The minimum absolute atomic E-state index is 0.0757. The summed E-state index contributed by atoms with van der Waals surface area (Å²) in [5.41, 5.74) is 6.59. The number of carbonyl (C=O) groups is 1. The van der Waals surface area contributed by atoms with Gasteiger partial charge in [0.1, 0.15) is 5.69 Å². The molecule has 88 valence electrons. The summed E-state index contributed by atoms with van der Waals surface area (Å²) in [4.78, 5) is 17.8. The molecule has 0 spiro atoms. The molecule has 1 atom stereocenters. The number of rotatable bonds is 4. The molecule has 1 rings (SSSR count). The number of aromatic nitrogens is 1. The molecule has 0 aliphatic heterocycles. The molecule has 1 amide bonds. The lowest BCUT2D eigenvalue weighted by atomic mass is 10.1. The number of nitrogens with zero attached hydrogens (tertiary/aromatic N) is 2. The van der Waals surface area contributed by atoms with Crippen LogP contribution >= 0.6 is 0 Å². The Balaban J connectivity index is 2.77. The molecule has 1 unspecified atom stereocenters. The van der Waals surface area contributed by atoms with Crippen LogP contribution in [0.4, 0.5) is 5.69 Å². The standard InChI is InChI=1S/C12H19N3O/c1-4-5-9(2)15(3)12(16)11-8-10(13)6-7-14-11/h6-9H,4-5H2,1-3H3,(H2,13,14). The van der Waals surface area contributed by atoms with Crippen molar-refractivity contribution < 1.29 is 4.79 Å². The Labute approximate surface area is 96.5 Å². The van der Waals surface area contributed by atoms with E-state index in [1.165, 1.54) is 0 Å². The van der Waals surface area contributed by atoms with Crippen LogP contribution in [-0.2, 0) is 0 Å². The quantitative estimate of drug-likeness (QED) is 0.845. The predicted octanol–water partition coefficient (Wildman–Crippen LogP) is 1.92. The van der Waals surface area contributed by atoms with Gasteiger partial charge in [0.05, 0.1) is 0 Å². The van der Waals surface area contributed by atoms with Crippen molar-refractivity contribution in [1.82, 2.24) is 9.88 Å². The van der Waals surface area contributed by atoms with Gasteiger partial charge in [-0.25, -0.2) is 0 Å². The SMILES string of the molecule is CCCC(C)N(C)C(=O)c1cc(N)ccn1. The highest BCUT2D eigenvalue weighted by Crippen LogP contribution is 2.10. The molecule has 0 radical (unpaired) electrons. The largest absolute Gasteiger partial charge is 0.399 e. The fourth-order valence-corrected chi connectivity index (χ4v) is 1.56. The molecule has 4 nitrogen and oxygen atoms in total. The van der Waals surface area contributed by atoms with E-state index in [0.29, 0.717) is 11.4 Å². The fraction of sp³-hybridized carbons (Fsp3) is 0.500. The number of amides is 1. The van der Waals surface area contributed by atoms with Crippen molar-refractivity contribution in [3.63, 3.8) is 0 Å². The van der Waals surface area contributed by atoms with E-state index < -0.39 is 0 Å². The number of pyridine rings is 1. The molecule has 1 aromatic rings. The molecule has 1 aromatic heterocycles. The van der Waals surface area contributed by atoms with Crippen molar-refractivity contribution in [1.29, 1.82) is 0 Å². The second-order valence-electron chi connectivity index (χ2n) is 4.03. The zero-order chi connectivity index (χ0) is 12.1. The minimum atomic E-state index is -0.0757. The van der Waals surface area contributed by atoms with Crippen LogP contribution < -0.4 is 5.73 Å². The maximum atomic E-state index is 12.0. The van der Waals surface area contributed by atoms with Crippen LogP contribution in [0.2, 0.25) is 0 Å². The van der Waals surface area contributed by atoms with Crippen molar-refractivity contribution in [3.8, 4) is 0 Å². The number of nitrogen functional groups attached to an aromatic ring is 1. The van der Waals surface area contributed by atoms with E-state index in [-0.39, 0.29) is 11.9 Å². The van der Waals surface area contributed by atoms with Crippen LogP contribution in [0.25, 0.3) is 0 Å². The van der Waals surface area contributed by atoms with Gasteiger partial charge in [-0.05, 0) is 25.5 Å². The van der Waals surface area contributed by atoms with Crippen LogP contribution in [0, 0.1) is 0 Å². The molecule has 4 heteroatoms. The highest BCUT2D eigenvalue weighted by Gasteiger charge is 2.17. The minimum Gasteiger partial charge on any atom is -0.399 e. The lowest BCUT2D eigenvalue weighted by Gasteiger charge is -2.24. The van der Waals surface area contributed by atoms with E-state index in [0.717, 1.165) is 12.8 Å². The van der Waals surface area contributed by atoms with E-state index in [1.807, 2.05) is 6.92 Å². The van der Waals surface area contributed by atoms with Gasteiger partial charge in [-0.2, -0.15) is 0 Å². The molecule has 0 bridgehead atoms. The Morgan fingerprint density at radius 1 is 1.62 bits per heavy atom. The van der Waals surface area contributed by atoms with Gasteiger partial charge in [-0.1, -0.05) is 13.3 Å². The summed E-state index contributed by atoms with van der Waals surface area (Å²) in [5.74, 6) is -0.0757. The van der Waals surface area contributed by atoms with Crippen LogP contribution in [0.15, 0.2) is 18.3 Å². The molecule has 0 saturated heterocycles. The summed E-state index contributed by atoms with van der Waals surface area (Å²) < 4.78 is 0. The van der Waals surface area contributed by atoms with Gasteiger partial charge >= 0.3 is 0 Å². The third kappa shape index (κ3) is 2.95. The van der Waals surface area contributed by atoms with Crippen LogP contribution in [-0.4, -0.2) is 28.9 Å². The van der Waals surface area contributed by atoms with Gasteiger partial charge in [-0.3, -0.25) is 9.78 Å². The third-order valence-electron chi connectivity index (χ3n) is 2.69. The Morgan fingerprint density at radius 2 is 2.31 bits per heavy atom. The van der Waals surface area contributed by atoms with Gasteiger partial charge in [0.15, 0.2) is 0 Å². The predicted molar refractivity (Wildman–Crippen MR) is 65.1 cm³/mol. The van der Waals surface area contributed by atoms with Crippen molar-refractivity contribution >= 4 is 11.6 Å². The molecule has 0 aliphatic carbocycles. The lowest BCUT2D eigenvalue weighted by molar-refractivity contribution is 0.0731. The number of hydrogen-bond acceptors (Lipinski definition) is 3. The molecule has 0 fully saturated rings. The second-order valence-corrected chi connectivity index (χ2v) is 4.03. The molecule has 2 N–H and O–H groups in total.